The number of benzene rings is 2. The summed E-state index contributed by atoms with van der Waals surface area (Å²) in [7, 11) is 2.23. The summed E-state index contributed by atoms with van der Waals surface area (Å²) < 4.78 is -1.26. The summed E-state index contributed by atoms with van der Waals surface area (Å²) in [4.78, 5) is 122. The molecular formula is C46H67N15O9S2. The average molecular weight is 1040 g/mol. The summed E-state index contributed by atoms with van der Waals surface area (Å²) in [6.07, 6.45) is 1.20. The lowest BCUT2D eigenvalue weighted by Crippen LogP contribution is -2.61. The van der Waals surface area contributed by atoms with Gasteiger partial charge in [0.15, 0.2) is 11.9 Å². The predicted molar refractivity (Wildman–Crippen MR) is 276 cm³/mol. The first-order valence-corrected chi connectivity index (χ1v) is 25.6. The molecule has 0 bridgehead atoms. The first-order valence-electron chi connectivity index (χ1n) is 23.2. The van der Waals surface area contributed by atoms with E-state index in [2.05, 4.69) is 46.9 Å². The molecule has 1 fully saturated rings. The van der Waals surface area contributed by atoms with E-state index in [-0.39, 0.29) is 82.1 Å². The van der Waals surface area contributed by atoms with Crippen LogP contribution >= 0.6 is 21.6 Å². The third kappa shape index (κ3) is 18.6. The van der Waals surface area contributed by atoms with E-state index in [1.165, 1.54) is 0 Å². The van der Waals surface area contributed by atoms with Crippen molar-refractivity contribution in [3.05, 3.63) is 71.9 Å². The molecule has 2 aromatic carbocycles. The summed E-state index contributed by atoms with van der Waals surface area (Å²) in [5.41, 5.74) is 35.6. The maximum Gasteiger partial charge on any atom is 0.327 e. The van der Waals surface area contributed by atoms with Crippen molar-refractivity contribution in [3.8, 4) is 0 Å². The lowest BCUT2D eigenvalue weighted by atomic mass is 10.00. The number of hydrogen-bond donors (Lipinski definition) is 14. The van der Waals surface area contributed by atoms with E-state index >= 15 is 0 Å². The molecule has 26 heteroatoms. The first-order chi connectivity index (χ1) is 34.1. The Morgan fingerprint density at radius 1 is 0.736 bits per heavy atom. The monoisotopic (exact) mass is 1040 g/mol. The van der Waals surface area contributed by atoms with Crippen LogP contribution in [0, 0.1) is 0 Å². The number of aromatic amines is 1. The number of H-pyrrole nitrogens is 1. The number of fused-ring (bicyclic) bond motifs is 1. The van der Waals surface area contributed by atoms with Crippen molar-refractivity contribution in [2.75, 3.05) is 18.8 Å². The van der Waals surface area contributed by atoms with Crippen molar-refractivity contribution in [2.24, 2.45) is 44.4 Å². The number of aliphatic imine (C=N–C) groups is 2. The van der Waals surface area contributed by atoms with Gasteiger partial charge in [0, 0.05) is 55.2 Å². The largest absolute Gasteiger partial charge is 0.480 e. The second-order valence-electron chi connectivity index (χ2n) is 17.6. The van der Waals surface area contributed by atoms with Gasteiger partial charge in [0.05, 0.1) is 10.8 Å². The predicted octanol–water partition coefficient (Wildman–Crippen LogP) is -1.79. The zero-order valence-electron chi connectivity index (χ0n) is 40.2. The third-order valence-corrected chi connectivity index (χ3v) is 14.8. The van der Waals surface area contributed by atoms with Crippen LogP contribution < -0.4 is 66.3 Å². The number of amides is 7. The Balaban J connectivity index is 1.81. The van der Waals surface area contributed by atoms with Gasteiger partial charge in [0.1, 0.15) is 36.3 Å². The van der Waals surface area contributed by atoms with Gasteiger partial charge >= 0.3 is 5.97 Å². The van der Waals surface area contributed by atoms with E-state index in [9.17, 15) is 43.5 Å². The van der Waals surface area contributed by atoms with Crippen LogP contribution in [0.5, 0.6) is 0 Å². The van der Waals surface area contributed by atoms with E-state index in [1.807, 2.05) is 18.2 Å². The number of rotatable bonds is 18. The number of guanidine groups is 2. The van der Waals surface area contributed by atoms with Crippen LogP contribution in [-0.2, 0) is 51.2 Å². The maximum atomic E-state index is 14.5. The molecule has 0 aliphatic carbocycles. The zero-order valence-corrected chi connectivity index (χ0v) is 41.8. The number of nitrogens with zero attached hydrogens (tertiary/aromatic N) is 2. The Hall–Kier alpha value is -7.06. The highest BCUT2D eigenvalue weighted by Crippen LogP contribution is 2.39. The van der Waals surface area contributed by atoms with Crippen molar-refractivity contribution in [3.63, 3.8) is 0 Å². The molecule has 0 spiro atoms. The summed E-state index contributed by atoms with van der Waals surface area (Å²) in [6, 6.07) is 6.18. The molecule has 1 aliphatic heterocycles. The minimum atomic E-state index is -1.55. The van der Waals surface area contributed by atoms with Gasteiger partial charge in [-0.15, -0.1) is 0 Å². The van der Waals surface area contributed by atoms with Gasteiger partial charge in [0.2, 0.25) is 41.4 Å². The van der Waals surface area contributed by atoms with Crippen molar-refractivity contribution in [1.29, 1.82) is 0 Å². The molecular weight excluding hydrogens is 971 g/mol. The van der Waals surface area contributed by atoms with E-state index in [0.717, 1.165) is 32.5 Å². The quantitative estimate of drug-likeness (QED) is 0.0290. The second kappa shape index (κ2) is 28.1. The van der Waals surface area contributed by atoms with Crippen molar-refractivity contribution in [2.45, 2.75) is 119 Å². The molecule has 0 unspecified atom stereocenters. The number of carbonyl (C=O) groups excluding carboxylic acids is 7. The van der Waals surface area contributed by atoms with Gasteiger partial charge in [-0.25, -0.2) is 4.79 Å². The van der Waals surface area contributed by atoms with Gasteiger partial charge < -0.3 is 76.4 Å². The molecule has 20 N–H and O–H groups in total. The molecule has 72 heavy (non-hydrogen) atoms. The van der Waals surface area contributed by atoms with Crippen molar-refractivity contribution < 1.29 is 43.5 Å². The highest BCUT2D eigenvalue weighted by molar-refractivity contribution is 8.77. The topological polar surface area (TPSA) is 426 Å². The fourth-order valence-electron chi connectivity index (χ4n) is 7.59. The number of carboxylic acids is 1. The van der Waals surface area contributed by atoms with Crippen LogP contribution in [0.25, 0.3) is 10.9 Å². The van der Waals surface area contributed by atoms with Gasteiger partial charge in [-0.1, -0.05) is 70.1 Å². The molecule has 1 aromatic heterocycles. The standard InChI is InChI=1S/C46H67N15O9S2/c1-46(2)36(43(69)70)61-42(68)34(23-26-24-55-29-14-7-6-12-27(26)29)60-38(64)30(15-9-20-54-45(51)52)57-41(67)33(22-25-10-4-3-5-11-25)59-39(65)31(16-17-35(48)62)58-40(66)32(18-21-71-72-46)56-37(63)28(47)13-8-19-53-44(49)50/h3-7,10-12,14,24,28,30-34,36,55H,8-9,13,15-23,47H2,1-2H3,(H2,48,62)(H,56,63)(H,57,67)(H,58,66)(H,59,65)(H,60,64)(H,61,68)(H,69,70)(H4,49,50,53)(H4,51,52,54)/t28-,30+,31+,32+,33-,34+,36-/m1/s1. The Bertz CT molecular complexity index is 2430. The van der Waals surface area contributed by atoms with Crippen LogP contribution in [0.4, 0.5) is 0 Å². The van der Waals surface area contributed by atoms with E-state index in [4.69, 9.17) is 34.4 Å². The highest BCUT2D eigenvalue weighted by Gasteiger charge is 2.40. The lowest BCUT2D eigenvalue weighted by Gasteiger charge is -2.32. The van der Waals surface area contributed by atoms with Crippen LogP contribution in [0.3, 0.4) is 0 Å². The summed E-state index contributed by atoms with van der Waals surface area (Å²) in [5.74, 6) is -7.42. The SMILES string of the molecule is CC1(C)SSCC[C@H](NC(=O)[C@H](N)CCCN=C(N)N)C(=O)N[C@@H](CCC(N)=O)C(=O)N[C@H](Cc2ccccc2)C(=O)N[C@@H](CCCN=C(N)N)C(=O)N[C@@H](Cc2c[nH]c3ccccc23)C(=O)N[C@@H]1C(=O)O. The van der Waals surface area contributed by atoms with E-state index in [1.54, 1.807) is 56.4 Å². The first kappa shape index (κ1) is 57.5. The van der Waals surface area contributed by atoms with Crippen molar-refractivity contribution in [1.82, 2.24) is 36.9 Å². The Morgan fingerprint density at radius 2 is 1.29 bits per heavy atom. The number of carboxylic acid groups (broad SMARTS) is 1. The molecule has 392 valence electrons. The molecule has 4 rings (SSSR count). The number of aliphatic carboxylic acids is 1. The number of nitrogens with two attached hydrogens (primary N) is 6. The Labute approximate surface area is 424 Å². The van der Waals surface area contributed by atoms with Crippen molar-refractivity contribution >= 4 is 91.7 Å². The average Bonchev–Trinajstić information content (AvgIpc) is 3.73. The van der Waals surface area contributed by atoms with Gasteiger partial charge in [-0.3, -0.25) is 43.5 Å². The zero-order chi connectivity index (χ0) is 53.0. The number of nitrogens with one attached hydrogen (secondary N) is 7. The Morgan fingerprint density at radius 3 is 1.93 bits per heavy atom. The molecule has 0 radical (unpaired) electrons. The highest BCUT2D eigenvalue weighted by atomic mass is 33.1. The van der Waals surface area contributed by atoms with Gasteiger partial charge in [-0.05, 0) is 69.6 Å². The smallest absolute Gasteiger partial charge is 0.327 e. The fourth-order valence-corrected chi connectivity index (χ4v) is 10.3. The van der Waals surface area contributed by atoms with Crippen LogP contribution in [0.15, 0.2) is 70.8 Å². The van der Waals surface area contributed by atoms with E-state index < -0.39 is 94.4 Å². The summed E-state index contributed by atoms with van der Waals surface area (Å²) >= 11 is 0. The fraction of sp³-hybridized carbons (Fsp3) is 0.478. The molecule has 7 atom stereocenters. The Kier molecular flexibility index (Phi) is 22.4. The van der Waals surface area contributed by atoms with Crippen LogP contribution in [0.2, 0.25) is 0 Å². The number of para-hydroxylation sites is 1. The minimum absolute atomic E-state index is 0.0462. The summed E-state index contributed by atoms with van der Waals surface area (Å²) in [5, 5.41) is 27.4. The number of carbonyl (C=O) groups is 8. The second-order valence-corrected chi connectivity index (χ2v) is 20.7. The van der Waals surface area contributed by atoms with Crippen LogP contribution in [-0.4, -0.2) is 135 Å². The minimum Gasteiger partial charge on any atom is -0.480 e. The van der Waals surface area contributed by atoms with E-state index in [0.29, 0.717) is 17.5 Å². The molecule has 1 aliphatic rings. The molecule has 7 amide bonds. The molecule has 0 saturated carbocycles. The number of primary amides is 1. The number of aromatic nitrogens is 1. The van der Waals surface area contributed by atoms with Gasteiger partial charge in [0.25, 0.3) is 0 Å². The molecule has 24 nitrogen and oxygen atoms in total. The maximum absolute atomic E-state index is 14.5. The molecule has 2 heterocycles. The molecule has 1 saturated heterocycles. The summed E-state index contributed by atoms with van der Waals surface area (Å²) in [6.45, 7) is 3.42. The molecule has 3 aromatic rings. The number of hydrogen-bond acceptors (Lipinski definition) is 13. The third-order valence-electron chi connectivity index (χ3n) is 11.5. The van der Waals surface area contributed by atoms with Gasteiger partial charge in [-0.2, -0.15) is 0 Å². The lowest BCUT2D eigenvalue weighted by molar-refractivity contribution is -0.143. The van der Waals surface area contributed by atoms with Crippen LogP contribution in [0.1, 0.15) is 69.9 Å². The normalized spacial score (nSPS) is 22.0.